The average Bonchev–Trinajstić information content (AvgIpc) is 2.55. The van der Waals surface area contributed by atoms with E-state index in [1.54, 1.807) is 6.07 Å². The molecule has 0 radical (unpaired) electrons. The van der Waals surface area contributed by atoms with Crippen LogP contribution in [0.5, 0.6) is 11.5 Å². The summed E-state index contributed by atoms with van der Waals surface area (Å²) in [4.78, 5) is 11.6. The molecule has 0 heterocycles. The molecule has 0 saturated heterocycles. The molecule has 2 rings (SSSR count). The van der Waals surface area contributed by atoms with Crippen LogP contribution in [0.2, 0.25) is 0 Å². The van der Waals surface area contributed by atoms with Crippen molar-refractivity contribution in [2.24, 2.45) is 11.8 Å². The van der Waals surface area contributed by atoms with E-state index in [1.165, 1.54) is 0 Å². The number of benzene rings is 2. The predicted octanol–water partition coefficient (Wildman–Crippen LogP) is 5.50. The number of carbonyl (C=O) groups is 1. The van der Waals surface area contributed by atoms with E-state index in [0.717, 1.165) is 35.6 Å². The van der Waals surface area contributed by atoms with Gasteiger partial charge in [-0.15, -0.1) is 0 Å². The van der Waals surface area contributed by atoms with E-state index >= 15 is 0 Å². The lowest BCUT2D eigenvalue weighted by Gasteiger charge is -2.16. The van der Waals surface area contributed by atoms with Gasteiger partial charge in [-0.2, -0.15) is 0 Å². The third-order valence-electron chi connectivity index (χ3n) is 4.01. The van der Waals surface area contributed by atoms with Crippen LogP contribution < -0.4 is 9.47 Å². The van der Waals surface area contributed by atoms with Crippen molar-refractivity contribution in [1.82, 2.24) is 0 Å². The zero-order valence-electron chi connectivity index (χ0n) is 15.2. The summed E-state index contributed by atoms with van der Waals surface area (Å²) in [6, 6.07) is 9.76. The fourth-order valence-electron chi connectivity index (χ4n) is 2.51. The Morgan fingerprint density at radius 2 is 1.50 bits per heavy atom. The van der Waals surface area contributed by atoms with Gasteiger partial charge >= 0.3 is 0 Å². The molecule has 0 aromatic heterocycles. The van der Waals surface area contributed by atoms with Crippen molar-refractivity contribution in [3.8, 4) is 11.5 Å². The minimum atomic E-state index is 0.553. The molecule has 0 bridgehead atoms. The van der Waals surface area contributed by atoms with Crippen molar-refractivity contribution in [3.05, 3.63) is 35.9 Å². The van der Waals surface area contributed by atoms with Crippen LogP contribution in [0.4, 0.5) is 0 Å². The highest BCUT2D eigenvalue weighted by Gasteiger charge is 2.14. The summed E-state index contributed by atoms with van der Waals surface area (Å²) >= 11 is 0. The molecule has 0 N–H and O–H groups in total. The van der Waals surface area contributed by atoms with Crippen LogP contribution in [-0.4, -0.2) is 19.5 Å². The van der Waals surface area contributed by atoms with E-state index in [4.69, 9.17) is 9.47 Å². The van der Waals surface area contributed by atoms with Crippen molar-refractivity contribution >= 4 is 17.1 Å². The zero-order chi connectivity index (χ0) is 17.5. The number of carbonyl (C=O) groups excluding carboxylic acids is 1. The number of aldehydes is 1. The van der Waals surface area contributed by atoms with Crippen LogP contribution in [-0.2, 0) is 0 Å². The smallest absolute Gasteiger partial charge is 0.153 e. The Labute approximate surface area is 145 Å². The Morgan fingerprint density at radius 3 is 2.08 bits per heavy atom. The molecule has 2 aromatic rings. The number of rotatable bonds is 9. The number of hydrogen-bond donors (Lipinski definition) is 0. The normalized spacial score (nSPS) is 11.2. The second-order valence-corrected chi connectivity index (χ2v) is 7.02. The molecule has 2 aromatic carbocycles. The zero-order valence-corrected chi connectivity index (χ0v) is 15.2. The molecule has 24 heavy (non-hydrogen) atoms. The van der Waals surface area contributed by atoms with Gasteiger partial charge in [0, 0.05) is 10.8 Å². The van der Waals surface area contributed by atoms with E-state index in [0.29, 0.717) is 36.4 Å². The van der Waals surface area contributed by atoms with E-state index < -0.39 is 0 Å². The fraction of sp³-hybridized carbons (Fsp3) is 0.476. The molecule has 0 unspecified atom stereocenters. The van der Waals surface area contributed by atoms with Gasteiger partial charge in [-0.05, 0) is 30.7 Å². The van der Waals surface area contributed by atoms with Crippen molar-refractivity contribution in [2.45, 2.75) is 40.5 Å². The van der Waals surface area contributed by atoms with Gasteiger partial charge in [0.2, 0.25) is 0 Å². The van der Waals surface area contributed by atoms with Crippen molar-refractivity contribution < 1.29 is 14.3 Å². The van der Waals surface area contributed by atoms with Crippen LogP contribution in [0.3, 0.4) is 0 Å². The second kappa shape index (κ2) is 8.72. The summed E-state index contributed by atoms with van der Waals surface area (Å²) in [5.41, 5.74) is 0.553. The summed E-state index contributed by atoms with van der Waals surface area (Å²) in [6.07, 6.45) is 2.79. The first kappa shape index (κ1) is 18.3. The lowest BCUT2D eigenvalue weighted by molar-refractivity contribution is 0.111. The Bertz CT molecular complexity index is 674. The molecule has 0 aliphatic rings. The number of hydrogen-bond acceptors (Lipinski definition) is 3. The third kappa shape index (κ3) is 4.73. The highest BCUT2D eigenvalue weighted by Crippen LogP contribution is 2.36. The van der Waals surface area contributed by atoms with Crippen LogP contribution in [0.25, 0.3) is 10.8 Å². The lowest BCUT2D eigenvalue weighted by Crippen LogP contribution is -2.06. The van der Waals surface area contributed by atoms with E-state index in [9.17, 15) is 4.79 Å². The van der Waals surface area contributed by atoms with Crippen LogP contribution in [0.1, 0.15) is 50.9 Å². The Balaban J connectivity index is 2.34. The topological polar surface area (TPSA) is 35.5 Å². The molecular formula is C21H28O3. The number of fused-ring (bicyclic) bond motifs is 1. The highest BCUT2D eigenvalue weighted by atomic mass is 16.5. The van der Waals surface area contributed by atoms with Gasteiger partial charge in [-0.3, -0.25) is 4.79 Å². The van der Waals surface area contributed by atoms with Gasteiger partial charge in [0.1, 0.15) is 11.5 Å². The average molecular weight is 328 g/mol. The van der Waals surface area contributed by atoms with Crippen LogP contribution in [0.15, 0.2) is 30.3 Å². The van der Waals surface area contributed by atoms with Gasteiger partial charge in [0.15, 0.2) is 6.29 Å². The minimum Gasteiger partial charge on any atom is -0.493 e. The Kier molecular flexibility index (Phi) is 6.65. The molecule has 0 atom stereocenters. The van der Waals surface area contributed by atoms with E-state index in [2.05, 4.69) is 27.7 Å². The fourth-order valence-corrected chi connectivity index (χ4v) is 2.51. The largest absolute Gasteiger partial charge is 0.493 e. The quantitative estimate of drug-likeness (QED) is 0.570. The minimum absolute atomic E-state index is 0.553. The monoisotopic (exact) mass is 328 g/mol. The first-order valence-electron chi connectivity index (χ1n) is 8.79. The maximum absolute atomic E-state index is 11.6. The SMILES string of the molecule is CC(C)CCOc1cc(C=O)c(OCCC(C)C)c2ccccc12. The molecule has 0 aliphatic heterocycles. The van der Waals surface area contributed by atoms with Gasteiger partial charge in [0.25, 0.3) is 0 Å². The van der Waals surface area contributed by atoms with Gasteiger partial charge < -0.3 is 9.47 Å². The standard InChI is InChI=1S/C21H28O3/c1-15(2)9-11-23-20-13-17(14-22)21(24-12-10-16(3)4)19-8-6-5-7-18(19)20/h5-8,13-16H,9-12H2,1-4H3. The van der Waals surface area contributed by atoms with Crippen molar-refractivity contribution in [1.29, 1.82) is 0 Å². The summed E-state index contributed by atoms with van der Waals surface area (Å²) in [6.45, 7) is 9.92. The first-order valence-corrected chi connectivity index (χ1v) is 8.79. The molecule has 3 heteroatoms. The second-order valence-electron chi connectivity index (χ2n) is 7.02. The first-order chi connectivity index (χ1) is 11.5. The Hall–Kier alpha value is -2.03. The predicted molar refractivity (Wildman–Crippen MR) is 99.2 cm³/mol. The van der Waals surface area contributed by atoms with Crippen molar-refractivity contribution in [3.63, 3.8) is 0 Å². The molecule has 0 fully saturated rings. The molecule has 0 amide bonds. The number of ether oxygens (including phenoxy) is 2. The molecule has 3 nitrogen and oxygen atoms in total. The molecular weight excluding hydrogens is 300 g/mol. The van der Waals surface area contributed by atoms with Gasteiger partial charge in [-0.25, -0.2) is 0 Å². The summed E-state index contributed by atoms with van der Waals surface area (Å²) in [5, 5.41) is 1.93. The highest BCUT2D eigenvalue weighted by molar-refractivity contribution is 6.00. The van der Waals surface area contributed by atoms with Gasteiger partial charge in [0.05, 0.1) is 18.8 Å². The maximum atomic E-state index is 11.6. The van der Waals surface area contributed by atoms with E-state index in [1.807, 2.05) is 24.3 Å². The third-order valence-corrected chi connectivity index (χ3v) is 4.01. The summed E-state index contributed by atoms with van der Waals surface area (Å²) in [7, 11) is 0. The molecule has 0 spiro atoms. The molecule has 0 saturated carbocycles. The van der Waals surface area contributed by atoms with Crippen molar-refractivity contribution in [2.75, 3.05) is 13.2 Å². The van der Waals surface area contributed by atoms with Crippen LogP contribution in [0, 0.1) is 11.8 Å². The molecule has 0 aliphatic carbocycles. The maximum Gasteiger partial charge on any atom is 0.153 e. The van der Waals surface area contributed by atoms with Gasteiger partial charge in [-0.1, -0.05) is 52.0 Å². The lowest BCUT2D eigenvalue weighted by atomic mass is 10.0. The van der Waals surface area contributed by atoms with E-state index in [-0.39, 0.29) is 0 Å². The summed E-state index contributed by atoms with van der Waals surface area (Å²) < 4.78 is 11.9. The van der Waals surface area contributed by atoms with Crippen LogP contribution >= 0.6 is 0 Å². The summed E-state index contributed by atoms with van der Waals surface area (Å²) in [5.74, 6) is 2.57. The Morgan fingerprint density at radius 1 is 0.917 bits per heavy atom. The molecule has 130 valence electrons.